The van der Waals surface area contributed by atoms with Crippen molar-refractivity contribution in [1.29, 1.82) is 0 Å². The summed E-state index contributed by atoms with van der Waals surface area (Å²) in [7, 11) is 2.11. The number of hydrogen-bond acceptors (Lipinski definition) is 3. The minimum atomic E-state index is -0.471. The number of ether oxygens (including phenoxy) is 1. The van der Waals surface area contributed by atoms with Gasteiger partial charge in [0.15, 0.2) is 17.9 Å². The van der Waals surface area contributed by atoms with Gasteiger partial charge in [0.2, 0.25) is 0 Å². The van der Waals surface area contributed by atoms with E-state index in [-0.39, 0.29) is 11.3 Å². The predicted molar refractivity (Wildman–Crippen MR) is 72.2 cm³/mol. The van der Waals surface area contributed by atoms with Gasteiger partial charge >= 0.3 is 0 Å². The molecule has 1 aliphatic rings. The molecule has 2 rings (SSSR count). The zero-order chi connectivity index (χ0) is 13.7. The number of halogens is 1. The summed E-state index contributed by atoms with van der Waals surface area (Å²) >= 11 is 0. The summed E-state index contributed by atoms with van der Waals surface area (Å²) in [5, 5.41) is 0. The molecule has 1 aliphatic heterocycles. The van der Waals surface area contributed by atoms with E-state index in [1.807, 2.05) is 0 Å². The molecule has 0 bridgehead atoms. The molecule has 1 heterocycles. The third-order valence-corrected chi connectivity index (χ3v) is 3.74. The molecule has 0 radical (unpaired) electrons. The first-order valence-electron chi connectivity index (χ1n) is 6.79. The lowest BCUT2D eigenvalue weighted by molar-refractivity contribution is 0.111. The molecule has 0 saturated carbocycles. The number of piperidine rings is 1. The number of carbonyl (C=O) groups is 1. The summed E-state index contributed by atoms with van der Waals surface area (Å²) in [5.41, 5.74) is 0.275. The molecule has 0 aromatic heterocycles. The van der Waals surface area contributed by atoms with Crippen molar-refractivity contribution in [3.8, 4) is 5.75 Å². The van der Waals surface area contributed by atoms with Crippen molar-refractivity contribution in [3.05, 3.63) is 29.6 Å². The van der Waals surface area contributed by atoms with E-state index < -0.39 is 5.82 Å². The van der Waals surface area contributed by atoms with E-state index in [4.69, 9.17) is 4.74 Å². The molecule has 0 N–H and O–H groups in total. The van der Waals surface area contributed by atoms with Gasteiger partial charge in [-0.05, 0) is 45.0 Å². The van der Waals surface area contributed by atoms with Gasteiger partial charge in [-0.25, -0.2) is 4.39 Å². The van der Waals surface area contributed by atoms with Gasteiger partial charge in [-0.3, -0.25) is 4.79 Å². The number of benzene rings is 1. The SMILES string of the molecule is CN1CCCCC1CCOc1c(F)cccc1C=O. The molecule has 104 valence electrons. The monoisotopic (exact) mass is 265 g/mol. The molecule has 1 saturated heterocycles. The maximum Gasteiger partial charge on any atom is 0.165 e. The maximum absolute atomic E-state index is 13.6. The third-order valence-electron chi connectivity index (χ3n) is 3.74. The number of hydrogen-bond donors (Lipinski definition) is 0. The number of likely N-dealkylation sites (tertiary alicyclic amines) is 1. The lowest BCUT2D eigenvalue weighted by Gasteiger charge is -2.32. The van der Waals surface area contributed by atoms with Crippen molar-refractivity contribution in [1.82, 2.24) is 4.90 Å². The average molecular weight is 265 g/mol. The summed E-state index contributed by atoms with van der Waals surface area (Å²) in [6.07, 6.45) is 5.15. The Kier molecular flexibility index (Phi) is 4.91. The number of para-hydroxylation sites is 1. The molecule has 1 atom stereocenters. The second kappa shape index (κ2) is 6.66. The van der Waals surface area contributed by atoms with Crippen LogP contribution in [0.2, 0.25) is 0 Å². The number of rotatable bonds is 5. The van der Waals surface area contributed by atoms with Crippen molar-refractivity contribution in [2.75, 3.05) is 20.2 Å². The zero-order valence-corrected chi connectivity index (χ0v) is 11.3. The lowest BCUT2D eigenvalue weighted by atomic mass is 10.0. The maximum atomic E-state index is 13.6. The van der Waals surface area contributed by atoms with E-state index in [9.17, 15) is 9.18 Å². The van der Waals surface area contributed by atoms with Crippen LogP contribution in [-0.4, -0.2) is 37.4 Å². The van der Waals surface area contributed by atoms with E-state index >= 15 is 0 Å². The van der Waals surface area contributed by atoms with Crippen LogP contribution in [0.5, 0.6) is 5.75 Å². The Morgan fingerprint density at radius 3 is 3.05 bits per heavy atom. The molecular weight excluding hydrogens is 245 g/mol. The van der Waals surface area contributed by atoms with Crippen molar-refractivity contribution in [3.63, 3.8) is 0 Å². The van der Waals surface area contributed by atoms with Crippen LogP contribution < -0.4 is 4.74 Å². The second-order valence-electron chi connectivity index (χ2n) is 5.04. The Bertz CT molecular complexity index is 436. The normalized spacial score (nSPS) is 20.2. The minimum absolute atomic E-state index is 0.0796. The van der Waals surface area contributed by atoms with Crippen molar-refractivity contribution in [2.24, 2.45) is 0 Å². The molecule has 4 heteroatoms. The zero-order valence-electron chi connectivity index (χ0n) is 11.3. The summed E-state index contributed by atoms with van der Waals surface area (Å²) in [4.78, 5) is 13.2. The fraction of sp³-hybridized carbons (Fsp3) is 0.533. The average Bonchev–Trinajstić information content (AvgIpc) is 2.42. The predicted octanol–water partition coefficient (Wildman–Crippen LogP) is 2.89. The van der Waals surface area contributed by atoms with Crippen LogP contribution in [0.1, 0.15) is 36.0 Å². The molecule has 19 heavy (non-hydrogen) atoms. The summed E-state index contributed by atoms with van der Waals surface area (Å²) in [5.74, 6) is -0.391. The van der Waals surface area contributed by atoms with Gasteiger partial charge in [0, 0.05) is 6.04 Å². The second-order valence-corrected chi connectivity index (χ2v) is 5.04. The van der Waals surface area contributed by atoms with E-state index in [2.05, 4.69) is 11.9 Å². The van der Waals surface area contributed by atoms with Crippen LogP contribution in [0.3, 0.4) is 0 Å². The molecule has 1 fully saturated rings. The highest BCUT2D eigenvalue weighted by Crippen LogP contribution is 2.23. The molecule has 1 unspecified atom stereocenters. The van der Waals surface area contributed by atoms with Gasteiger partial charge in [-0.2, -0.15) is 0 Å². The van der Waals surface area contributed by atoms with Crippen LogP contribution in [0.4, 0.5) is 4.39 Å². The molecular formula is C15H20FNO2. The number of nitrogens with zero attached hydrogens (tertiary/aromatic N) is 1. The first kappa shape index (κ1) is 14.0. The van der Waals surface area contributed by atoms with E-state index in [0.29, 0.717) is 18.9 Å². The van der Waals surface area contributed by atoms with Gasteiger partial charge in [0.05, 0.1) is 12.2 Å². The number of carbonyl (C=O) groups excluding carboxylic acids is 1. The lowest BCUT2D eigenvalue weighted by Crippen LogP contribution is -2.37. The van der Waals surface area contributed by atoms with Crippen molar-refractivity contribution >= 4 is 6.29 Å². The van der Waals surface area contributed by atoms with E-state index in [1.165, 1.54) is 25.0 Å². The van der Waals surface area contributed by atoms with Crippen LogP contribution in [0.25, 0.3) is 0 Å². The largest absolute Gasteiger partial charge is 0.490 e. The summed E-state index contributed by atoms with van der Waals surface area (Å²) in [6, 6.07) is 4.90. The Hall–Kier alpha value is -1.42. The van der Waals surface area contributed by atoms with Crippen molar-refractivity contribution < 1.29 is 13.9 Å². The summed E-state index contributed by atoms with van der Waals surface area (Å²) < 4.78 is 19.1. The highest BCUT2D eigenvalue weighted by molar-refractivity contribution is 5.79. The first-order valence-corrected chi connectivity index (χ1v) is 6.79. The van der Waals surface area contributed by atoms with Crippen molar-refractivity contribution in [2.45, 2.75) is 31.7 Å². The van der Waals surface area contributed by atoms with Gasteiger partial charge in [0.25, 0.3) is 0 Å². The topological polar surface area (TPSA) is 29.5 Å². The number of aldehydes is 1. The molecule has 1 aromatic carbocycles. The van der Waals surface area contributed by atoms with Crippen LogP contribution in [0, 0.1) is 5.82 Å². The van der Waals surface area contributed by atoms with E-state index in [1.54, 1.807) is 6.07 Å². The molecule has 1 aromatic rings. The van der Waals surface area contributed by atoms with Crippen LogP contribution in [0.15, 0.2) is 18.2 Å². The Morgan fingerprint density at radius 1 is 1.47 bits per heavy atom. The first-order chi connectivity index (χ1) is 9.22. The highest BCUT2D eigenvalue weighted by Gasteiger charge is 2.19. The Morgan fingerprint density at radius 2 is 2.32 bits per heavy atom. The van der Waals surface area contributed by atoms with Crippen LogP contribution >= 0.6 is 0 Å². The standard InChI is InChI=1S/C15H20FNO2/c1-17-9-3-2-6-13(17)8-10-19-15-12(11-18)5-4-7-14(15)16/h4-5,7,11,13H,2-3,6,8-10H2,1H3. The Balaban J connectivity index is 1.90. The summed E-state index contributed by atoms with van der Waals surface area (Å²) in [6.45, 7) is 1.56. The van der Waals surface area contributed by atoms with Crippen LogP contribution in [-0.2, 0) is 0 Å². The molecule has 0 spiro atoms. The Labute approximate surface area is 113 Å². The molecule has 3 nitrogen and oxygen atoms in total. The van der Waals surface area contributed by atoms with Gasteiger partial charge in [-0.1, -0.05) is 12.5 Å². The highest BCUT2D eigenvalue weighted by atomic mass is 19.1. The third kappa shape index (κ3) is 3.53. The van der Waals surface area contributed by atoms with Gasteiger partial charge < -0.3 is 9.64 Å². The van der Waals surface area contributed by atoms with Gasteiger partial charge in [-0.15, -0.1) is 0 Å². The molecule has 0 amide bonds. The van der Waals surface area contributed by atoms with Gasteiger partial charge in [0.1, 0.15) is 0 Å². The molecule has 0 aliphatic carbocycles. The minimum Gasteiger partial charge on any atom is -0.490 e. The quantitative estimate of drug-likeness (QED) is 0.767. The smallest absolute Gasteiger partial charge is 0.165 e. The fourth-order valence-electron chi connectivity index (χ4n) is 2.58. The van der Waals surface area contributed by atoms with E-state index in [0.717, 1.165) is 19.4 Å². The fourth-order valence-corrected chi connectivity index (χ4v) is 2.58.